The van der Waals surface area contributed by atoms with E-state index in [-0.39, 0.29) is 0 Å². The molecule has 1 amide bonds. The summed E-state index contributed by atoms with van der Waals surface area (Å²) in [6.07, 6.45) is 36.7. The SMILES string of the molecule is CCCCCCC1=CC2C(C=CC(CCCCCCCC(=O)O)C2CCCCCCCC(=O)N=O)CC1CCCCCC. The number of hydrogen-bond acceptors (Lipinski definition) is 3. The highest BCUT2D eigenvalue weighted by Crippen LogP contribution is 2.48. The molecule has 0 saturated heterocycles. The second-order valence-electron chi connectivity index (χ2n) is 13.8. The van der Waals surface area contributed by atoms with Crippen molar-refractivity contribution in [3.63, 3.8) is 0 Å². The van der Waals surface area contributed by atoms with E-state index in [1.807, 2.05) is 0 Å². The minimum absolute atomic E-state index is 0.296. The molecule has 1 N–H and O–H groups in total. The molecule has 43 heavy (non-hydrogen) atoms. The number of carbonyl (C=O) groups excluding carboxylic acids is 1. The molecule has 5 unspecified atom stereocenters. The smallest absolute Gasteiger partial charge is 0.303 e. The highest BCUT2D eigenvalue weighted by Gasteiger charge is 2.38. The number of allylic oxidation sites excluding steroid dienone is 4. The Morgan fingerprint density at radius 2 is 1.30 bits per heavy atom. The van der Waals surface area contributed by atoms with E-state index in [2.05, 4.69) is 37.3 Å². The summed E-state index contributed by atoms with van der Waals surface area (Å²) in [5.74, 6) is 2.32. The third-order valence-electron chi connectivity index (χ3n) is 10.3. The number of fused-ring (bicyclic) bond motifs is 1. The zero-order chi connectivity index (χ0) is 31.1. The number of rotatable bonds is 26. The first-order valence-electron chi connectivity index (χ1n) is 18.5. The van der Waals surface area contributed by atoms with E-state index in [1.165, 1.54) is 109 Å². The first kappa shape index (κ1) is 37.4. The molecule has 0 aromatic rings. The van der Waals surface area contributed by atoms with Crippen molar-refractivity contribution in [2.45, 2.75) is 174 Å². The van der Waals surface area contributed by atoms with E-state index >= 15 is 0 Å². The second-order valence-corrected chi connectivity index (χ2v) is 13.8. The summed E-state index contributed by atoms with van der Waals surface area (Å²) in [7, 11) is 0. The second kappa shape index (κ2) is 23.6. The molecule has 0 fully saturated rings. The van der Waals surface area contributed by atoms with Crippen LogP contribution in [0.2, 0.25) is 0 Å². The number of carboxylic acids is 1. The molecule has 0 aliphatic heterocycles. The zero-order valence-electron chi connectivity index (χ0n) is 27.9. The molecule has 0 aromatic heterocycles. The molecule has 2 aliphatic carbocycles. The number of carbonyl (C=O) groups is 2. The lowest BCUT2D eigenvalue weighted by Crippen LogP contribution is -2.35. The average molecular weight is 600 g/mol. The summed E-state index contributed by atoms with van der Waals surface area (Å²) in [4.78, 5) is 32.3. The number of nitroso groups, excluding NO2 is 1. The molecule has 2 aliphatic rings. The zero-order valence-corrected chi connectivity index (χ0v) is 27.9. The summed E-state index contributed by atoms with van der Waals surface area (Å²) in [6, 6.07) is 0. The van der Waals surface area contributed by atoms with Gasteiger partial charge in [-0.1, -0.05) is 134 Å². The van der Waals surface area contributed by atoms with Gasteiger partial charge in [0.05, 0.1) is 0 Å². The van der Waals surface area contributed by atoms with Crippen LogP contribution in [0.5, 0.6) is 0 Å². The van der Waals surface area contributed by atoms with Gasteiger partial charge in [-0.15, -0.1) is 4.91 Å². The molecule has 0 heterocycles. The van der Waals surface area contributed by atoms with Gasteiger partial charge in [-0.05, 0) is 81.0 Å². The Balaban J connectivity index is 2.03. The van der Waals surface area contributed by atoms with Crippen molar-refractivity contribution in [1.29, 1.82) is 0 Å². The predicted octanol–water partition coefficient (Wildman–Crippen LogP) is 11.7. The fourth-order valence-corrected chi connectivity index (χ4v) is 7.81. The van der Waals surface area contributed by atoms with Crippen LogP contribution in [-0.2, 0) is 9.59 Å². The average Bonchev–Trinajstić information content (AvgIpc) is 3.00. The standard InChI is InChI=1S/C38H65NO4/c1-3-5-7-15-22-32-29-34-28-27-31(21-17-11-9-14-20-26-38(41)42)35(24-18-12-10-13-19-25-37(40)39-43)36(34)30-33(32)23-16-8-6-4-2/h27-28,30-32,34-36H,3-26,29H2,1-2H3,(H,41,42). The van der Waals surface area contributed by atoms with Gasteiger partial charge in [0.2, 0.25) is 0 Å². The maximum Gasteiger partial charge on any atom is 0.303 e. The van der Waals surface area contributed by atoms with E-state index in [1.54, 1.807) is 5.57 Å². The Morgan fingerprint density at radius 1 is 0.721 bits per heavy atom. The van der Waals surface area contributed by atoms with Gasteiger partial charge in [-0.25, -0.2) is 0 Å². The van der Waals surface area contributed by atoms with Crippen molar-refractivity contribution in [2.75, 3.05) is 0 Å². The summed E-state index contributed by atoms with van der Waals surface area (Å²) in [6.45, 7) is 4.61. The van der Waals surface area contributed by atoms with Gasteiger partial charge >= 0.3 is 5.97 Å². The number of hydrogen-bond donors (Lipinski definition) is 1. The van der Waals surface area contributed by atoms with Crippen molar-refractivity contribution in [2.24, 2.45) is 34.8 Å². The lowest BCUT2D eigenvalue weighted by Gasteiger charge is -2.44. The Hall–Kier alpha value is -1.78. The van der Waals surface area contributed by atoms with Crippen molar-refractivity contribution in [1.82, 2.24) is 0 Å². The Morgan fingerprint density at radius 3 is 1.98 bits per heavy atom. The van der Waals surface area contributed by atoms with E-state index in [0.29, 0.717) is 30.6 Å². The number of aliphatic carboxylic acids is 1. The summed E-state index contributed by atoms with van der Waals surface area (Å²) >= 11 is 0. The van der Waals surface area contributed by atoms with Crippen molar-refractivity contribution >= 4 is 11.9 Å². The molecule has 0 spiro atoms. The number of amides is 1. The Bertz CT molecular complexity index is 834. The molecule has 0 aromatic carbocycles. The molecule has 0 radical (unpaired) electrons. The van der Waals surface area contributed by atoms with Crippen molar-refractivity contribution < 1.29 is 14.7 Å². The van der Waals surface area contributed by atoms with Crippen LogP contribution < -0.4 is 0 Å². The van der Waals surface area contributed by atoms with Crippen LogP contribution in [0.15, 0.2) is 29.0 Å². The molecular weight excluding hydrogens is 534 g/mol. The fourth-order valence-electron chi connectivity index (χ4n) is 7.81. The van der Waals surface area contributed by atoms with Gasteiger partial charge < -0.3 is 5.11 Å². The first-order chi connectivity index (χ1) is 21.0. The molecule has 0 bridgehead atoms. The monoisotopic (exact) mass is 599 g/mol. The first-order valence-corrected chi connectivity index (χ1v) is 18.5. The molecule has 2 rings (SSSR count). The van der Waals surface area contributed by atoms with Gasteiger partial charge in [0.15, 0.2) is 0 Å². The summed E-state index contributed by atoms with van der Waals surface area (Å²) in [5.41, 5.74) is 1.79. The molecule has 5 heteroatoms. The summed E-state index contributed by atoms with van der Waals surface area (Å²) < 4.78 is 0. The summed E-state index contributed by atoms with van der Waals surface area (Å²) in [5, 5.41) is 11.4. The fraction of sp³-hybridized carbons (Fsp3) is 0.842. The Kier molecular flexibility index (Phi) is 20.5. The van der Waals surface area contributed by atoms with Crippen LogP contribution in [0.25, 0.3) is 0 Å². The van der Waals surface area contributed by atoms with Gasteiger partial charge in [-0.2, -0.15) is 0 Å². The number of carboxylic acid groups (broad SMARTS) is 1. The third-order valence-corrected chi connectivity index (χ3v) is 10.3. The van der Waals surface area contributed by atoms with E-state index < -0.39 is 11.9 Å². The van der Waals surface area contributed by atoms with Crippen molar-refractivity contribution in [3.8, 4) is 0 Å². The quantitative estimate of drug-likeness (QED) is 0.0609. The molecule has 246 valence electrons. The van der Waals surface area contributed by atoms with Crippen LogP contribution in [0.3, 0.4) is 0 Å². The van der Waals surface area contributed by atoms with E-state index in [0.717, 1.165) is 50.4 Å². The van der Waals surface area contributed by atoms with Crippen LogP contribution >= 0.6 is 0 Å². The van der Waals surface area contributed by atoms with Gasteiger partial charge in [0, 0.05) is 18.0 Å². The van der Waals surface area contributed by atoms with E-state index in [9.17, 15) is 14.5 Å². The van der Waals surface area contributed by atoms with Crippen LogP contribution in [0.1, 0.15) is 174 Å². The maximum atomic E-state index is 11.2. The largest absolute Gasteiger partial charge is 0.481 e. The number of nitrogens with zero attached hydrogens (tertiary/aromatic N) is 1. The maximum absolute atomic E-state index is 11.2. The van der Waals surface area contributed by atoms with Crippen LogP contribution in [0.4, 0.5) is 0 Å². The van der Waals surface area contributed by atoms with Crippen LogP contribution in [-0.4, -0.2) is 17.0 Å². The molecule has 0 saturated carbocycles. The molecule has 5 nitrogen and oxygen atoms in total. The van der Waals surface area contributed by atoms with Gasteiger partial charge in [-0.3, -0.25) is 9.59 Å². The lowest BCUT2D eigenvalue weighted by molar-refractivity contribution is -0.137. The minimum Gasteiger partial charge on any atom is -0.481 e. The topological polar surface area (TPSA) is 83.8 Å². The van der Waals surface area contributed by atoms with Crippen LogP contribution in [0, 0.1) is 34.5 Å². The lowest BCUT2D eigenvalue weighted by atomic mass is 9.61. The van der Waals surface area contributed by atoms with E-state index in [4.69, 9.17) is 5.11 Å². The van der Waals surface area contributed by atoms with Crippen molar-refractivity contribution in [3.05, 3.63) is 28.7 Å². The predicted molar refractivity (Wildman–Crippen MR) is 180 cm³/mol. The molecule has 5 atom stereocenters. The Labute approximate surface area is 264 Å². The van der Waals surface area contributed by atoms with Gasteiger partial charge in [0.1, 0.15) is 0 Å². The van der Waals surface area contributed by atoms with Gasteiger partial charge in [0.25, 0.3) is 5.91 Å². The number of unbranched alkanes of at least 4 members (excludes halogenated alkanes) is 14. The highest BCUT2D eigenvalue weighted by atomic mass is 16.4. The highest BCUT2D eigenvalue weighted by molar-refractivity contribution is 5.76. The third kappa shape index (κ3) is 15.7. The minimum atomic E-state index is -0.676. The normalized spacial score (nSPS) is 23.1. The molecular formula is C38H65NO4.